The van der Waals surface area contributed by atoms with Crippen molar-refractivity contribution in [3.63, 3.8) is 0 Å². The zero-order valence-corrected chi connectivity index (χ0v) is 10.4. The topological polar surface area (TPSA) is 66.4 Å². The van der Waals surface area contributed by atoms with E-state index in [9.17, 15) is 9.59 Å². The minimum atomic E-state index is -0.916. The minimum Gasteiger partial charge on any atom is -0.478 e. The summed E-state index contributed by atoms with van der Waals surface area (Å²) in [7, 11) is 1.63. The molecule has 1 aromatic rings. The van der Waals surface area contributed by atoms with Gasteiger partial charge in [0.1, 0.15) is 0 Å². The summed E-state index contributed by atoms with van der Waals surface area (Å²) in [5.74, 6) is -0.0205. The van der Waals surface area contributed by atoms with Crippen LogP contribution >= 0.6 is 11.8 Å². The van der Waals surface area contributed by atoms with Crippen molar-refractivity contribution in [2.45, 2.75) is 17.7 Å². The van der Waals surface area contributed by atoms with Gasteiger partial charge in [-0.3, -0.25) is 4.79 Å². The quantitative estimate of drug-likeness (QED) is 0.601. The highest BCUT2D eigenvalue weighted by Gasteiger charge is 2.02. The van der Waals surface area contributed by atoms with Crippen LogP contribution in [0.3, 0.4) is 0 Å². The summed E-state index contributed by atoms with van der Waals surface area (Å²) >= 11 is 1.62. The normalized spacial score (nSPS) is 9.94. The molecule has 0 saturated heterocycles. The zero-order chi connectivity index (χ0) is 12.7. The lowest BCUT2D eigenvalue weighted by Gasteiger charge is -2.02. The van der Waals surface area contributed by atoms with Crippen molar-refractivity contribution in [1.82, 2.24) is 5.32 Å². The molecule has 0 aliphatic rings. The molecule has 0 unspecified atom stereocenters. The van der Waals surface area contributed by atoms with Gasteiger partial charge in [-0.1, -0.05) is 0 Å². The third-order valence-corrected chi connectivity index (χ3v) is 3.30. The van der Waals surface area contributed by atoms with Gasteiger partial charge in [0, 0.05) is 18.4 Å². The molecule has 2 N–H and O–H groups in total. The van der Waals surface area contributed by atoms with Gasteiger partial charge in [-0.15, -0.1) is 11.8 Å². The maximum absolute atomic E-state index is 11.0. The lowest BCUT2D eigenvalue weighted by molar-refractivity contribution is -0.120. The predicted octanol–water partition coefficient (Wildman–Crippen LogP) is 2.00. The Hall–Kier alpha value is -1.49. The summed E-state index contributed by atoms with van der Waals surface area (Å²) in [6, 6.07) is 6.74. The van der Waals surface area contributed by atoms with Gasteiger partial charge in [-0.05, 0) is 36.4 Å². The number of hydrogen-bond acceptors (Lipinski definition) is 3. The Labute approximate surface area is 104 Å². The first-order valence-electron chi connectivity index (χ1n) is 5.30. The standard InChI is InChI=1S/C12H15NO3S/c1-13-11(14)3-2-8-17-10-6-4-9(5-7-10)12(15)16/h4-7H,2-3,8H2,1H3,(H,13,14)(H,15,16). The molecule has 0 spiro atoms. The Morgan fingerprint density at radius 2 is 1.94 bits per heavy atom. The van der Waals surface area contributed by atoms with Gasteiger partial charge in [0.25, 0.3) is 0 Å². The number of thioether (sulfide) groups is 1. The highest BCUT2D eigenvalue weighted by molar-refractivity contribution is 7.99. The fourth-order valence-corrected chi connectivity index (χ4v) is 2.09. The summed E-state index contributed by atoms with van der Waals surface area (Å²) in [6.07, 6.45) is 1.34. The van der Waals surface area contributed by atoms with E-state index < -0.39 is 5.97 Å². The first-order valence-corrected chi connectivity index (χ1v) is 6.29. The third-order valence-electron chi connectivity index (χ3n) is 2.20. The number of benzene rings is 1. The van der Waals surface area contributed by atoms with E-state index in [1.165, 1.54) is 0 Å². The Morgan fingerprint density at radius 3 is 2.47 bits per heavy atom. The third kappa shape index (κ3) is 4.91. The number of nitrogens with one attached hydrogen (secondary N) is 1. The highest BCUT2D eigenvalue weighted by atomic mass is 32.2. The monoisotopic (exact) mass is 253 g/mol. The molecule has 92 valence electrons. The van der Waals surface area contributed by atoms with Crippen LogP contribution < -0.4 is 5.32 Å². The number of hydrogen-bond donors (Lipinski definition) is 2. The number of carboxylic acids is 1. The molecule has 1 rings (SSSR count). The predicted molar refractivity (Wildman–Crippen MR) is 67.4 cm³/mol. The van der Waals surface area contributed by atoms with E-state index in [0.29, 0.717) is 12.0 Å². The average molecular weight is 253 g/mol. The van der Waals surface area contributed by atoms with Crippen LogP contribution in [0.15, 0.2) is 29.2 Å². The number of rotatable bonds is 6. The summed E-state index contributed by atoms with van der Waals surface area (Å²) in [4.78, 5) is 22.6. The van der Waals surface area contributed by atoms with Gasteiger partial charge in [0.2, 0.25) is 5.91 Å². The second-order valence-corrected chi connectivity index (χ2v) is 4.62. The molecule has 17 heavy (non-hydrogen) atoms. The Bertz CT molecular complexity index is 389. The summed E-state index contributed by atoms with van der Waals surface area (Å²) in [5.41, 5.74) is 0.291. The number of aromatic carboxylic acids is 1. The van der Waals surface area contributed by atoms with Crippen LogP contribution in [0.1, 0.15) is 23.2 Å². The Morgan fingerprint density at radius 1 is 1.29 bits per heavy atom. The molecule has 0 bridgehead atoms. The Kier molecular flexibility index (Phi) is 5.56. The highest BCUT2D eigenvalue weighted by Crippen LogP contribution is 2.19. The SMILES string of the molecule is CNC(=O)CCCSc1ccc(C(=O)O)cc1. The summed E-state index contributed by atoms with van der Waals surface area (Å²) in [6.45, 7) is 0. The number of carboxylic acid groups (broad SMARTS) is 1. The lowest BCUT2D eigenvalue weighted by atomic mass is 10.2. The van der Waals surface area contributed by atoms with E-state index in [4.69, 9.17) is 5.11 Å². The van der Waals surface area contributed by atoms with Crippen LogP contribution in [-0.4, -0.2) is 29.8 Å². The number of amides is 1. The maximum Gasteiger partial charge on any atom is 0.335 e. The van der Waals surface area contributed by atoms with Crippen LogP contribution in [0.2, 0.25) is 0 Å². The molecule has 0 aliphatic carbocycles. The van der Waals surface area contributed by atoms with Gasteiger partial charge >= 0.3 is 5.97 Å². The van der Waals surface area contributed by atoms with Gasteiger partial charge in [-0.25, -0.2) is 4.79 Å². The molecule has 1 amide bonds. The summed E-state index contributed by atoms with van der Waals surface area (Å²) < 4.78 is 0. The molecule has 4 nitrogen and oxygen atoms in total. The van der Waals surface area contributed by atoms with Gasteiger partial charge in [0.05, 0.1) is 5.56 Å². The van der Waals surface area contributed by atoms with E-state index >= 15 is 0 Å². The molecule has 0 fully saturated rings. The molecule has 0 heterocycles. The molecule has 0 saturated carbocycles. The van der Waals surface area contributed by atoms with Gasteiger partial charge in [0.15, 0.2) is 0 Å². The van der Waals surface area contributed by atoms with Crippen LogP contribution in [0, 0.1) is 0 Å². The van der Waals surface area contributed by atoms with Gasteiger partial charge in [-0.2, -0.15) is 0 Å². The molecule has 0 atom stereocenters. The average Bonchev–Trinajstić information content (AvgIpc) is 2.34. The maximum atomic E-state index is 11.0. The summed E-state index contributed by atoms with van der Waals surface area (Å²) in [5, 5.41) is 11.3. The molecule has 1 aromatic carbocycles. The molecule has 0 radical (unpaired) electrons. The van der Waals surface area contributed by atoms with Crippen molar-refractivity contribution in [2.24, 2.45) is 0 Å². The van der Waals surface area contributed by atoms with E-state index in [0.717, 1.165) is 17.1 Å². The van der Waals surface area contributed by atoms with Crippen molar-refractivity contribution in [1.29, 1.82) is 0 Å². The van der Waals surface area contributed by atoms with Crippen molar-refractivity contribution in [3.05, 3.63) is 29.8 Å². The molecular formula is C12H15NO3S. The number of carbonyl (C=O) groups excluding carboxylic acids is 1. The molecular weight excluding hydrogens is 238 g/mol. The largest absolute Gasteiger partial charge is 0.478 e. The number of carbonyl (C=O) groups is 2. The van der Waals surface area contributed by atoms with Crippen LogP contribution in [0.4, 0.5) is 0 Å². The van der Waals surface area contributed by atoms with Crippen molar-refractivity contribution in [3.8, 4) is 0 Å². The van der Waals surface area contributed by atoms with E-state index in [2.05, 4.69) is 5.32 Å². The van der Waals surface area contributed by atoms with Crippen LogP contribution in [-0.2, 0) is 4.79 Å². The van der Waals surface area contributed by atoms with E-state index in [-0.39, 0.29) is 5.91 Å². The van der Waals surface area contributed by atoms with Crippen LogP contribution in [0.5, 0.6) is 0 Å². The molecule has 0 aliphatic heterocycles. The van der Waals surface area contributed by atoms with E-state index in [1.807, 2.05) is 0 Å². The van der Waals surface area contributed by atoms with Crippen molar-refractivity contribution >= 4 is 23.6 Å². The smallest absolute Gasteiger partial charge is 0.335 e. The van der Waals surface area contributed by atoms with Crippen molar-refractivity contribution in [2.75, 3.05) is 12.8 Å². The Balaban J connectivity index is 2.32. The minimum absolute atomic E-state index is 0.0480. The fourth-order valence-electron chi connectivity index (χ4n) is 1.24. The second kappa shape index (κ2) is 6.96. The first kappa shape index (κ1) is 13.6. The lowest BCUT2D eigenvalue weighted by Crippen LogP contribution is -2.17. The van der Waals surface area contributed by atoms with Gasteiger partial charge < -0.3 is 10.4 Å². The fraction of sp³-hybridized carbons (Fsp3) is 0.333. The van der Waals surface area contributed by atoms with Crippen molar-refractivity contribution < 1.29 is 14.7 Å². The second-order valence-electron chi connectivity index (χ2n) is 3.45. The molecule has 5 heteroatoms. The van der Waals surface area contributed by atoms with Crippen LogP contribution in [0.25, 0.3) is 0 Å². The zero-order valence-electron chi connectivity index (χ0n) is 9.60. The first-order chi connectivity index (χ1) is 8.13. The molecule has 0 aromatic heterocycles. The van der Waals surface area contributed by atoms with E-state index in [1.54, 1.807) is 43.1 Å².